The van der Waals surface area contributed by atoms with Crippen molar-refractivity contribution in [2.24, 2.45) is 11.7 Å². The van der Waals surface area contributed by atoms with Crippen LogP contribution in [0.15, 0.2) is 23.1 Å². The first kappa shape index (κ1) is 13.0. The van der Waals surface area contributed by atoms with Gasteiger partial charge in [-0.1, -0.05) is 0 Å². The van der Waals surface area contributed by atoms with Gasteiger partial charge in [0.05, 0.1) is 4.90 Å². The van der Waals surface area contributed by atoms with Crippen molar-refractivity contribution in [2.45, 2.75) is 23.3 Å². The monoisotopic (exact) mass is 288 g/mol. The third-order valence-corrected chi connectivity index (χ3v) is 5.65. The molecular formula is C12H14F2N2O2S. The number of sulfonamides is 1. The summed E-state index contributed by atoms with van der Waals surface area (Å²) < 4.78 is 51.5. The van der Waals surface area contributed by atoms with Gasteiger partial charge < -0.3 is 5.73 Å². The molecule has 19 heavy (non-hydrogen) atoms. The molecule has 0 unspecified atom stereocenters. The van der Waals surface area contributed by atoms with E-state index in [0.29, 0.717) is 12.0 Å². The third-order valence-electron chi connectivity index (χ3n) is 3.86. The molecule has 1 saturated carbocycles. The number of rotatable bonds is 3. The van der Waals surface area contributed by atoms with Gasteiger partial charge in [0.2, 0.25) is 10.0 Å². The van der Waals surface area contributed by atoms with Crippen molar-refractivity contribution in [3.05, 3.63) is 29.8 Å². The molecular weight excluding hydrogens is 274 g/mol. The highest BCUT2D eigenvalue weighted by Crippen LogP contribution is 2.44. The molecule has 0 spiro atoms. The standard InChI is InChI=1S/C12H14F2N2O2S/c13-10-4-3-9(5-11(10)14)19(17,18)16-6-12(15,7-16)8-1-2-8/h3-5,8H,1-2,6-7,15H2. The number of nitrogens with zero attached hydrogens (tertiary/aromatic N) is 1. The fourth-order valence-electron chi connectivity index (χ4n) is 2.48. The molecule has 0 amide bonds. The first-order valence-corrected chi connectivity index (χ1v) is 7.51. The highest BCUT2D eigenvalue weighted by Gasteiger charge is 2.53. The minimum absolute atomic E-state index is 0.232. The maximum absolute atomic E-state index is 13.1. The number of hydrogen-bond acceptors (Lipinski definition) is 3. The van der Waals surface area contributed by atoms with Gasteiger partial charge in [-0.3, -0.25) is 0 Å². The summed E-state index contributed by atoms with van der Waals surface area (Å²) in [5.74, 6) is -1.83. The number of benzene rings is 1. The molecule has 0 aromatic heterocycles. The van der Waals surface area contributed by atoms with E-state index in [4.69, 9.17) is 5.73 Å². The lowest BCUT2D eigenvalue weighted by Crippen LogP contribution is -2.69. The van der Waals surface area contributed by atoms with Crippen molar-refractivity contribution in [1.82, 2.24) is 4.31 Å². The lowest BCUT2D eigenvalue weighted by molar-refractivity contribution is 0.135. The predicted molar refractivity (Wildman–Crippen MR) is 64.8 cm³/mol. The van der Waals surface area contributed by atoms with E-state index in [1.54, 1.807) is 0 Å². The van der Waals surface area contributed by atoms with E-state index in [9.17, 15) is 17.2 Å². The fourth-order valence-corrected chi connectivity index (χ4v) is 4.09. The molecule has 1 aromatic rings. The maximum atomic E-state index is 13.1. The Morgan fingerprint density at radius 1 is 1.21 bits per heavy atom. The van der Waals surface area contributed by atoms with Crippen molar-refractivity contribution in [3.8, 4) is 0 Å². The van der Waals surface area contributed by atoms with Gasteiger partial charge in [0.15, 0.2) is 11.6 Å². The third kappa shape index (κ3) is 2.05. The van der Waals surface area contributed by atoms with Gasteiger partial charge in [0.1, 0.15) is 0 Å². The van der Waals surface area contributed by atoms with E-state index in [2.05, 4.69) is 0 Å². The Morgan fingerprint density at radius 3 is 2.37 bits per heavy atom. The van der Waals surface area contributed by atoms with Crippen LogP contribution in [0.2, 0.25) is 0 Å². The van der Waals surface area contributed by atoms with Crippen molar-refractivity contribution >= 4 is 10.0 Å². The van der Waals surface area contributed by atoms with Crippen LogP contribution in [0.5, 0.6) is 0 Å². The van der Waals surface area contributed by atoms with E-state index in [1.165, 1.54) is 4.31 Å². The Labute approximate surface area is 110 Å². The molecule has 1 aliphatic heterocycles. The molecule has 0 atom stereocenters. The van der Waals surface area contributed by atoms with E-state index in [1.807, 2.05) is 0 Å². The van der Waals surface area contributed by atoms with Crippen LogP contribution in [-0.4, -0.2) is 31.4 Å². The van der Waals surface area contributed by atoms with E-state index >= 15 is 0 Å². The van der Waals surface area contributed by atoms with Crippen LogP contribution in [0.25, 0.3) is 0 Å². The van der Waals surface area contributed by atoms with Gasteiger partial charge in [-0.15, -0.1) is 0 Å². The highest BCUT2D eigenvalue weighted by atomic mass is 32.2. The van der Waals surface area contributed by atoms with Crippen molar-refractivity contribution in [3.63, 3.8) is 0 Å². The second-order valence-corrected chi connectivity index (χ2v) is 7.29. The predicted octanol–water partition coefficient (Wildman–Crippen LogP) is 1.08. The van der Waals surface area contributed by atoms with E-state index < -0.39 is 27.2 Å². The molecule has 2 aliphatic rings. The average molecular weight is 288 g/mol. The second-order valence-electron chi connectivity index (χ2n) is 5.36. The SMILES string of the molecule is NC1(C2CC2)CN(S(=O)(=O)c2ccc(F)c(F)c2)C1. The Hall–Kier alpha value is -1.05. The maximum Gasteiger partial charge on any atom is 0.243 e. The van der Waals surface area contributed by atoms with Gasteiger partial charge in [-0.25, -0.2) is 17.2 Å². The fraction of sp³-hybridized carbons (Fsp3) is 0.500. The summed E-state index contributed by atoms with van der Waals surface area (Å²) in [6.45, 7) is 0.498. The summed E-state index contributed by atoms with van der Waals surface area (Å²) in [5.41, 5.74) is 5.65. The molecule has 7 heteroatoms. The molecule has 1 aliphatic carbocycles. The quantitative estimate of drug-likeness (QED) is 0.905. The van der Waals surface area contributed by atoms with Crippen LogP contribution < -0.4 is 5.73 Å². The first-order valence-electron chi connectivity index (χ1n) is 6.07. The lowest BCUT2D eigenvalue weighted by Gasteiger charge is -2.47. The summed E-state index contributed by atoms with van der Waals surface area (Å²) in [4.78, 5) is -0.232. The van der Waals surface area contributed by atoms with Crippen molar-refractivity contribution < 1.29 is 17.2 Å². The Morgan fingerprint density at radius 2 is 1.84 bits per heavy atom. The minimum atomic E-state index is -3.77. The molecule has 4 nitrogen and oxygen atoms in total. The van der Waals surface area contributed by atoms with Crippen LogP contribution in [0, 0.1) is 17.6 Å². The normalized spacial score (nSPS) is 23.1. The van der Waals surface area contributed by atoms with Crippen LogP contribution in [-0.2, 0) is 10.0 Å². The average Bonchev–Trinajstić information content (AvgIpc) is 3.12. The summed E-state index contributed by atoms with van der Waals surface area (Å²) in [6.07, 6.45) is 2.07. The summed E-state index contributed by atoms with van der Waals surface area (Å²) >= 11 is 0. The van der Waals surface area contributed by atoms with E-state index in [-0.39, 0.29) is 18.0 Å². The molecule has 0 bridgehead atoms. The van der Waals surface area contributed by atoms with Gasteiger partial charge in [0.25, 0.3) is 0 Å². The second kappa shape index (κ2) is 3.97. The molecule has 3 rings (SSSR count). The van der Waals surface area contributed by atoms with Gasteiger partial charge in [-0.05, 0) is 37.0 Å². The number of nitrogens with two attached hydrogens (primary N) is 1. The van der Waals surface area contributed by atoms with Crippen LogP contribution in [0.4, 0.5) is 8.78 Å². The smallest absolute Gasteiger partial charge is 0.243 e. The number of halogens is 2. The summed E-state index contributed by atoms with van der Waals surface area (Å²) in [6, 6.07) is 2.60. The molecule has 0 radical (unpaired) electrons. The van der Waals surface area contributed by atoms with Gasteiger partial charge >= 0.3 is 0 Å². The van der Waals surface area contributed by atoms with Gasteiger partial charge in [0, 0.05) is 18.6 Å². The zero-order valence-corrected chi connectivity index (χ0v) is 11.0. The Bertz CT molecular complexity index is 623. The zero-order chi connectivity index (χ0) is 13.8. The summed E-state index contributed by atoms with van der Waals surface area (Å²) in [5, 5.41) is 0. The van der Waals surface area contributed by atoms with Crippen LogP contribution >= 0.6 is 0 Å². The molecule has 1 aromatic carbocycles. The topological polar surface area (TPSA) is 63.4 Å². The minimum Gasteiger partial charge on any atom is -0.323 e. The lowest BCUT2D eigenvalue weighted by atomic mass is 9.88. The van der Waals surface area contributed by atoms with Crippen LogP contribution in [0.3, 0.4) is 0 Å². The molecule has 2 fully saturated rings. The van der Waals surface area contributed by atoms with Gasteiger partial charge in [-0.2, -0.15) is 4.31 Å². The molecule has 1 heterocycles. The molecule has 104 valence electrons. The van der Waals surface area contributed by atoms with Crippen molar-refractivity contribution in [2.75, 3.05) is 13.1 Å². The van der Waals surface area contributed by atoms with Crippen LogP contribution in [0.1, 0.15) is 12.8 Å². The zero-order valence-electron chi connectivity index (χ0n) is 10.1. The van der Waals surface area contributed by atoms with Crippen molar-refractivity contribution in [1.29, 1.82) is 0 Å². The Kier molecular flexibility index (Phi) is 2.71. The Balaban J connectivity index is 1.82. The molecule has 1 saturated heterocycles. The summed E-state index contributed by atoms with van der Waals surface area (Å²) in [7, 11) is -3.77. The number of hydrogen-bond donors (Lipinski definition) is 1. The first-order chi connectivity index (χ1) is 8.83. The highest BCUT2D eigenvalue weighted by molar-refractivity contribution is 7.89. The largest absolute Gasteiger partial charge is 0.323 e. The van der Waals surface area contributed by atoms with E-state index in [0.717, 1.165) is 25.0 Å². The molecule has 2 N–H and O–H groups in total.